The smallest absolute Gasteiger partial charge is 0.0693 e. The number of hydrogen-bond donors (Lipinski definition) is 3. The Balaban J connectivity index is 1.75. The largest absolute Gasteiger partial charge is 0.396 e. The second-order valence-electron chi connectivity index (χ2n) is 5.67. The lowest BCUT2D eigenvalue weighted by Gasteiger charge is -2.25. The first kappa shape index (κ1) is 12.3. The molecule has 2 unspecified atom stereocenters. The van der Waals surface area contributed by atoms with Gasteiger partial charge in [0.05, 0.1) is 6.10 Å². The zero-order valence-electron chi connectivity index (χ0n) is 10.1. The third-order valence-corrected chi connectivity index (χ3v) is 4.32. The van der Waals surface area contributed by atoms with E-state index in [-0.39, 0.29) is 6.10 Å². The van der Waals surface area contributed by atoms with Gasteiger partial charge in [0.2, 0.25) is 0 Å². The van der Waals surface area contributed by atoms with E-state index in [4.69, 9.17) is 5.11 Å². The second-order valence-corrected chi connectivity index (χ2v) is 5.67. The first-order valence-corrected chi connectivity index (χ1v) is 6.78. The Kier molecular flexibility index (Phi) is 4.22. The summed E-state index contributed by atoms with van der Waals surface area (Å²) in [6, 6.07) is 0.290. The average Bonchev–Trinajstić information content (AvgIpc) is 3.03. The van der Waals surface area contributed by atoms with Gasteiger partial charge in [0, 0.05) is 19.2 Å². The molecule has 0 aliphatic heterocycles. The first-order chi connectivity index (χ1) is 7.76. The van der Waals surface area contributed by atoms with Crippen molar-refractivity contribution >= 4 is 0 Å². The van der Waals surface area contributed by atoms with Gasteiger partial charge in [-0.05, 0) is 37.5 Å². The highest BCUT2D eigenvalue weighted by Crippen LogP contribution is 2.48. The summed E-state index contributed by atoms with van der Waals surface area (Å²) in [6.45, 7) is 1.28. The van der Waals surface area contributed by atoms with Gasteiger partial charge < -0.3 is 15.5 Å². The molecule has 0 heterocycles. The molecule has 94 valence electrons. The van der Waals surface area contributed by atoms with Gasteiger partial charge >= 0.3 is 0 Å². The zero-order valence-corrected chi connectivity index (χ0v) is 10.1. The van der Waals surface area contributed by atoms with Crippen molar-refractivity contribution in [3.63, 3.8) is 0 Å². The lowest BCUT2D eigenvalue weighted by molar-refractivity contribution is 0.115. The number of nitrogens with one attached hydrogen (secondary N) is 1. The van der Waals surface area contributed by atoms with Gasteiger partial charge in [0.25, 0.3) is 0 Å². The predicted octanol–water partition coefficient (Wildman–Crippen LogP) is 1.43. The number of aliphatic hydroxyl groups is 2. The Morgan fingerprint density at radius 3 is 2.56 bits per heavy atom. The summed E-state index contributed by atoms with van der Waals surface area (Å²) in [5, 5.41) is 22.5. The quantitative estimate of drug-likeness (QED) is 0.623. The summed E-state index contributed by atoms with van der Waals surface area (Å²) < 4.78 is 0. The van der Waals surface area contributed by atoms with Gasteiger partial charge in [-0.2, -0.15) is 0 Å². The van der Waals surface area contributed by atoms with Crippen molar-refractivity contribution < 1.29 is 10.2 Å². The summed E-state index contributed by atoms with van der Waals surface area (Å²) in [4.78, 5) is 0. The number of rotatable bonds is 5. The van der Waals surface area contributed by atoms with Gasteiger partial charge in [-0.15, -0.1) is 0 Å². The van der Waals surface area contributed by atoms with Crippen LogP contribution in [0.1, 0.15) is 51.4 Å². The first-order valence-electron chi connectivity index (χ1n) is 6.78. The Morgan fingerprint density at radius 1 is 1.12 bits per heavy atom. The summed E-state index contributed by atoms with van der Waals surface area (Å²) >= 11 is 0. The highest BCUT2D eigenvalue weighted by molar-refractivity contribution is 4.96. The third kappa shape index (κ3) is 3.19. The van der Waals surface area contributed by atoms with E-state index in [2.05, 4.69) is 5.32 Å². The Bertz CT molecular complexity index is 216. The van der Waals surface area contributed by atoms with Crippen molar-refractivity contribution in [2.45, 2.75) is 63.5 Å². The van der Waals surface area contributed by atoms with Crippen LogP contribution >= 0.6 is 0 Å². The SMILES string of the molecule is OCCC1(CNC2CCCCCC2O)CC1. The van der Waals surface area contributed by atoms with Gasteiger partial charge in [-0.1, -0.05) is 19.3 Å². The Hall–Kier alpha value is -0.120. The molecule has 0 aromatic carbocycles. The molecule has 3 heteroatoms. The minimum absolute atomic E-state index is 0.160. The van der Waals surface area contributed by atoms with Crippen molar-refractivity contribution in [3.8, 4) is 0 Å². The van der Waals surface area contributed by atoms with Crippen LogP contribution in [0.15, 0.2) is 0 Å². The maximum absolute atomic E-state index is 9.98. The molecule has 0 amide bonds. The lowest BCUT2D eigenvalue weighted by atomic mass is 10.0. The van der Waals surface area contributed by atoms with Crippen LogP contribution in [0.3, 0.4) is 0 Å². The monoisotopic (exact) mass is 227 g/mol. The summed E-state index contributed by atoms with van der Waals surface area (Å²) in [6.07, 6.45) is 8.96. The minimum atomic E-state index is -0.160. The van der Waals surface area contributed by atoms with E-state index in [1.165, 1.54) is 32.1 Å². The van der Waals surface area contributed by atoms with E-state index in [0.717, 1.165) is 25.8 Å². The normalized spacial score (nSPS) is 33.4. The van der Waals surface area contributed by atoms with Crippen LogP contribution in [0.4, 0.5) is 0 Å². The van der Waals surface area contributed by atoms with E-state index < -0.39 is 0 Å². The summed E-state index contributed by atoms with van der Waals surface area (Å²) in [7, 11) is 0. The van der Waals surface area contributed by atoms with Gasteiger partial charge in [0.15, 0.2) is 0 Å². The molecular weight excluding hydrogens is 202 g/mol. The van der Waals surface area contributed by atoms with Crippen molar-refractivity contribution in [3.05, 3.63) is 0 Å². The molecule has 0 aromatic heterocycles. The molecule has 2 aliphatic carbocycles. The third-order valence-electron chi connectivity index (χ3n) is 4.32. The fourth-order valence-corrected chi connectivity index (χ4v) is 2.80. The highest BCUT2D eigenvalue weighted by Gasteiger charge is 2.42. The van der Waals surface area contributed by atoms with Crippen LogP contribution in [-0.4, -0.2) is 35.5 Å². The lowest BCUT2D eigenvalue weighted by Crippen LogP contribution is -2.42. The van der Waals surface area contributed by atoms with E-state index in [9.17, 15) is 5.11 Å². The van der Waals surface area contributed by atoms with Gasteiger partial charge in [-0.25, -0.2) is 0 Å². The summed E-state index contributed by atoms with van der Waals surface area (Å²) in [5.41, 5.74) is 0.362. The fraction of sp³-hybridized carbons (Fsp3) is 1.00. The molecule has 16 heavy (non-hydrogen) atoms. The van der Waals surface area contributed by atoms with Crippen molar-refractivity contribution in [2.24, 2.45) is 5.41 Å². The molecular formula is C13H25NO2. The molecule has 0 saturated heterocycles. The molecule has 2 fully saturated rings. The van der Waals surface area contributed by atoms with E-state index in [0.29, 0.717) is 18.1 Å². The van der Waals surface area contributed by atoms with Crippen LogP contribution in [-0.2, 0) is 0 Å². The molecule has 0 bridgehead atoms. The fourth-order valence-electron chi connectivity index (χ4n) is 2.80. The van der Waals surface area contributed by atoms with Crippen LogP contribution in [0.25, 0.3) is 0 Å². The standard InChI is InChI=1S/C13H25NO2/c15-9-8-13(6-7-13)10-14-11-4-2-1-3-5-12(11)16/h11-12,14-16H,1-10H2. The Labute approximate surface area is 98.2 Å². The predicted molar refractivity (Wildman–Crippen MR) is 64.3 cm³/mol. The molecule has 2 saturated carbocycles. The van der Waals surface area contributed by atoms with Gasteiger partial charge in [-0.3, -0.25) is 0 Å². The molecule has 0 aromatic rings. The maximum Gasteiger partial charge on any atom is 0.0693 e. The van der Waals surface area contributed by atoms with Crippen molar-refractivity contribution in [2.75, 3.05) is 13.2 Å². The molecule has 2 atom stereocenters. The number of aliphatic hydroxyl groups excluding tert-OH is 2. The topological polar surface area (TPSA) is 52.5 Å². The molecule has 0 radical (unpaired) electrons. The van der Waals surface area contributed by atoms with E-state index >= 15 is 0 Å². The van der Waals surface area contributed by atoms with Gasteiger partial charge in [0.1, 0.15) is 0 Å². The number of hydrogen-bond acceptors (Lipinski definition) is 3. The molecule has 0 spiro atoms. The van der Waals surface area contributed by atoms with Crippen LogP contribution in [0.2, 0.25) is 0 Å². The van der Waals surface area contributed by atoms with E-state index in [1.54, 1.807) is 0 Å². The van der Waals surface area contributed by atoms with Crippen LogP contribution < -0.4 is 5.32 Å². The second kappa shape index (κ2) is 5.48. The van der Waals surface area contributed by atoms with Crippen molar-refractivity contribution in [1.82, 2.24) is 5.32 Å². The Morgan fingerprint density at radius 2 is 1.88 bits per heavy atom. The van der Waals surface area contributed by atoms with E-state index in [1.807, 2.05) is 0 Å². The zero-order chi connectivity index (χ0) is 11.4. The van der Waals surface area contributed by atoms with Crippen molar-refractivity contribution in [1.29, 1.82) is 0 Å². The highest BCUT2D eigenvalue weighted by atomic mass is 16.3. The molecule has 3 nitrogen and oxygen atoms in total. The minimum Gasteiger partial charge on any atom is -0.396 e. The summed E-state index contributed by atoms with van der Waals surface area (Å²) in [5.74, 6) is 0. The molecule has 3 N–H and O–H groups in total. The molecule has 2 aliphatic rings. The van der Waals surface area contributed by atoms with Crippen LogP contribution in [0.5, 0.6) is 0 Å². The van der Waals surface area contributed by atoms with Crippen LogP contribution in [0, 0.1) is 5.41 Å². The molecule has 2 rings (SSSR count). The maximum atomic E-state index is 9.98. The average molecular weight is 227 g/mol.